The maximum atomic E-state index is 13.7. The van der Waals surface area contributed by atoms with Gasteiger partial charge in [-0.3, -0.25) is 0 Å². The zero-order chi connectivity index (χ0) is 23.2. The molecule has 4 aromatic rings. The number of rotatable bonds is 7. The van der Waals surface area contributed by atoms with Crippen molar-refractivity contribution in [1.82, 2.24) is 4.37 Å². The van der Waals surface area contributed by atoms with E-state index in [-0.39, 0.29) is 22.1 Å². The van der Waals surface area contributed by atoms with Crippen LogP contribution in [0.5, 0.6) is 0 Å². The number of benzene rings is 2. The van der Waals surface area contributed by atoms with Gasteiger partial charge in [0.15, 0.2) is 9.84 Å². The van der Waals surface area contributed by atoms with Crippen molar-refractivity contribution in [3.05, 3.63) is 82.4 Å². The second-order valence-electron chi connectivity index (χ2n) is 8.25. The summed E-state index contributed by atoms with van der Waals surface area (Å²) in [5, 5.41) is 9.45. The lowest BCUT2D eigenvalue weighted by Gasteiger charge is -2.14. The highest BCUT2D eigenvalue weighted by Gasteiger charge is 2.31. The molecular weight excluding hydrogens is 474 g/mol. The van der Waals surface area contributed by atoms with Crippen molar-refractivity contribution in [3.8, 4) is 20.9 Å². The van der Waals surface area contributed by atoms with Crippen LogP contribution < -0.4 is 0 Å². The average Bonchev–Trinajstić information content (AvgIpc) is 3.30. The molecule has 2 aromatic carbocycles. The third-order valence-electron chi connectivity index (χ3n) is 5.79. The molecule has 1 N–H and O–H groups in total. The second-order valence-corrected chi connectivity index (χ2v) is 12.3. The predicted molar refractivity (Wildman–Crippen MR) is 132 cm³/mol. The topological polar surface area (TPSA) is 84.3 Å². The molecule has 0 radical (unpaired) electrons. The van der Waals surface area contributed by atoms with Gasteiger partial charge >= 0.3 is 5.97 Å². The van der Waals surface area contributed by atoms with Gasteiger partial charge in [-0.25, -0.2) is 17.6 Å². The van der Waals surface area contributed by atoms with Gasteiger partial charge in [0, 0.05) is 16.0 Å². The fraction of sp³-hybridized carbons (Fsp3) is 0.200. The molecular formula is C25H21NO4S3. The maximum Gasteiger partial charge on any atom is 0.335 e. The van der Waals surface area contributed by atoms with E-state index in [4.69, 9.17) is 0 Å². The van der Waals surface area contributed by atoms with Crippen molar-refractivity contribution in [2.75, 3.05) is 0 Å². The van der Waals surface area contributed by atoms with Gasteiger partial charge in [0.2, 0.25) is 0 Å². The number of aryl methyl sites for hydroxylation is 1. The predicted octanol–water partition coefficient (Wildman–Crippen LogP) is 6.40. The van der Waals surface area contributed by atoms with E-state index < -0.39 is 15.8 Å². The third kappa shape index (κ3) is 4.51. The molecule has 0 unspecified atom stereocenters. The Balaban J connectivity index is 1.62. The van der Waals surface area contributed by atoms with E-state index in [1.54, 1.807) is 23.6 Å². The molecule has 168 valence electrons. The van der Waals surface area contributed by atoms with Crippen molar-refractivity contribution in [2.45, 2.75) is 36.3 Å². The van der Waals surface area contributed by atoms with Crippen LogP contribution in [0.15, 0.2) is 65.7 Å². The van der Waals surface area contributed by atoms with E-state index in [9.17, 15) is 18.3 Å². The molecule has 1 saturated carbocycles. The van der Waals surface area contributed by atoms with Crippen molar-refractivity contribution in [2.24, 2.45) is 0 Å². The quantitative estimate of drug-likeness (QED) is 0.321. The summed E-state index contributed by atoms with van der Waals surface area (Å²) in [4.78, 5) is 14.8. The van der Waals surface area contributed by atoms with Gasteiger partial charge in [0.05, 0.1) is 21.1 Å². The number of carbonyl (C=O) groups is 1. The summed E-state index contributed by atoms with van der Waals surface area (Å²) in [5.74, 6) is -1.15. The van der Waals surface area contributed by atoms with E-state index in [1.165, 1.54) is 23.7 Å². The van der Waals surface area contributed by atoms with Gasteiger partial charge in [0.25, 0.3) is 0 Å². The molecule has 2 heterocycles. The van der Waals surface area contributed by atoms with Crippen LogP contribution in [0, 0.1) is 6.92 Å². The molecule has 2 aromatic heterocycles. The summed E-state index contributed by atoms with van der Waals surface area (Å²) in [6.45, 7) is 2.02. The Hall–Kier alpha value is -2.81. The Bertz CT molecular complexity index is 1450. The van der Waals surface area contributed by atoms with E-state index >= 15 is 0 Å². The lowest BCUT2D eigenvalue weighted by Crippen LogP contribution is -2.10. The first kappa shape index (κ1) is 22.0. The maximum absolute atomic E-state index is 13.7. The Labute approximate surface area is 200 Å². The number of sulfone groups is 1. The summed E-state index contributed by atoms with van der Waals surface area (Å²) in [6, 6.07) is 16.3. The van der Waals surface area contributed by atoms with E-state index in [2.05, 4.69) is 4.37 Å². The number of hydrogen-bond acceptors (Lipinski definition) is 6. The summed E-state index contributed by atoms with van der Waals surface area (Å²) in [5.41, 5.74) is 3.22. The van der Waals surface area contributed by atoms with Gasteiger partial charge in [-0.05, 0) is 95.9 Å². The first-order valence-corrected chi connectivity index (χ1v) is 13.8. The summed E-state index contributed by atoms with van der Waals surface area (Å²) >= 11 is 2.98. The smallest absolute Gasteiger partial charge is 0.335 e. The molecule has 5 nitrogen and oxygen atoms in total. The van der Waals surface area contributed by atoms with E-state index in [1.807, 2.05) is 43.3 Å². The van der Waals surface area contributed by atoms with Crippen LogP contribution in [0.1, 0.15) is 45.1 Å². The summed E-state index contributed by atoms with van der Waals surface area (Å²) in [6.07, 6.45) is 3.58. The number of hydrogen-bond donors (Lipinski definition) is 1. The van der Waals surface area contributed by atoms with Crippen LogP contribution in [0.25, 0.3) is 20.9 Å². The monoisotopic (exact) mass is 495 g/mol. The van der Waals surface area contributed by atoms with Crippen molar-refractivity contribution in [3.63, 3.8) is 0 Å². The van der Waals surface area contributed by atoms with Gasteiger partial charge in [-0.15, -0.1) is 11.3 Å². The third-order valence-corrected chi connectivity index (χ3v) is 9.34. The molecule has 0 amide bonds. The molecule has 8 heteroatoms. The minimum Gasteiger partial charge on any atom is -0.478 e. The Morgan fingerprint density at radius 2 is 1.88 bits per heavy atom. The fourth-order valence-electron chi connectivity index (χ4n) is 4.00. The van der Waals surface area contributed by atoms with Crippen LogP contribution in [-0.4, -0.2) is 23.9 Å². The lowest BCUT2D eigenvalue weighted by molar-refractivity contribution is 0.0696. The Morgan fingerprint density at radius 1 is 1.06 bits per heavy atom. The van der Waals surface area contributed by atoms with Crippen molar-refractivity contribution < 1.29 is 18.3 Å². The summed E-state index contributed by atoms with van der Waals surface area (Å²) in [7, 11) is -3.79. The highest BCUT2D eigenvalue weighted by atomic mass is 32.2. The zero-order valence-corrected chi connectivity index (χ0v) is 20.3. The fourth-order valence-corrected chi connectivity index (χ4v) is 7.22. The number of carboxylic acid groups (broad SMARTS) is 1. The highest BCUT2D eigenvalue weighted by Crippen LogP contribution is 2.44. The van der Waals surface area contributed by atoms with E-state index in [0.717, 1.165) is 44.2 Å². The van der Waals surface area contributed by atoms with Gasteiger partial charge < -0.3 is 5.11 Å². The lowest BCUT2D eigenvalue weighted by atomic mass is 10.0. The molecule has 1 aliphatic carbocycles. The first-order valence-electron chi connectivity index (χ1n) is 10.5. The molecule has 0 atom stereocenters. The number of thiophene rings is 1. The molecule has 0 saturated heterocycles. The van der Waals surface area contributed by atoms with Crippen LogP contribution in [0.3, 0.4) is 0 Å². The largest absolute Gasteiger partial charge is 0.478 e. The molecule has 33 heavy (non-hydrogen) atoms. The van der Waals surface area contributed by atoms with Crippen LogP contribution in [0.2, 0.25) is 0 Å². The van der Waals surface area contributed by atoms with Crippen LogP contribution >= 0.6 is 22.9 Å². The SMILES string of the molecule is Cc1ccc(-c2ccc(-c3ccns3)cc2CS(=O)(=O)c2cc(C(=O)O)ccc2C2CC2)s1. The normalized spacial score (nSPS) is 13.8. The zero-order valence-electron chi connectivity index (χ0n) is 17.8. The Kier molecular flexibility index (Phi) is 5.68. The molecule has 1 aliphatic rings. The average molecular weight is 496 g/mol. The highest BCUT2D eigenvalue weighted by molar-refractivity contribution is 7.90. The standard InChI is InChI=1S/C25H21NO4S3/c1-15-2-9-23(31-15)20-7-5-17(22-10-11-26-32-22)12-19(20)14-33(29,30)24-13-18(25(27)28)6-8-21(24)16-3-4-16/h2,5-13,16H,3-4,14H2,1H3,(H,27,28). The van der Waals surface area contributed by atoms with E-state index in [0.29, 0.717) is 5.56 Å². The number of aromatic carboxylic acids is 1. The van der Waals surface area contributed by atoms with Crippen LogP contribution in [-0.2, 0) is 15.6 Å². The molecule has 0 bridgehead atoms. The number of nitrogens with zero attached hydrogens (tertiary/aromatic N) is 1. The van der Waals surface area contributed by atoms with Gasteiger partial charge in [-0.1, -0.05) is 18.2 Å². The molecule has 5 rings (SSSR count). The molecule has 1 fully saturated rings. The van der Waals surface area contributed by atoms with Crippen LogP contribution in [0.4, 0.5) is 0 Å². The molecule has 0 aliphatic heterocycles. The van der Waals surface area contributed by atoms with Crippen molar-refractivity contribution >= 4 is 38.7 Å². The minimum absolute atomic E-state index is 0.00880. The number of carboxylic acids is 1. The Morgan fingerprint density at radius 3 is 2.52 bits per heavy atom. The second kappa shape index (κ2) is 8.52. The first-order chi connectivity index (χ1) is 15.8. The summed E-state index contributed by atoms with van der Waals surface area (Å²) < 4.78 is 31.6. The number of aromatic nitrogens is 1. The molecule has 0 spiro atoms. The minimum atomic E-state index is -3.79. The van der Waals surface area contributed by atoms with Gasteiger partial charge in [0.1, 0.15) is 0 Å². The van der Waals surface area contributed by atoms with Crippen molar-refractivity contribution in [1.29, 1.82) is 0 Å². The van der Waals surface area contributed by atoms with Gasteiger partial charge in [-0.2, -0.15) is 0 Å².